The van der Waals surface area contributed by atoms with Crippen molar-refractivity contribution in [1.82, 2.24) is 9.97 Å². The van der Waals surface area contributed by atoms with Crippen molar-refractivity contribution in [2.24, 2.45) is 0 Å². The molecule has 0 aliphatic rings. The molecule has 14 heavy (non-hydrogen) atoms. The van der Waals surface area contributed by atoms with E-state index in [2.05, 4.69) is 15.3 Å². The molecule has 2 aromatic heterocycles. The van der Waals surface area contributed by atoms with Crippen LogP contribution in [0.2, 0.25) is 0 Å². The van der Waals surface area contributed by atoms with E-state index in [9.17, 15) is 0 Å². The summed E-state index contributed by atoms with van der Waals surface area (Å²) < 4.78 is 0. The van der Waals surface area contributed by atoms with Gasteiger partial charge in [0.25, 0.3) is 0 Å². The van der Waals surface area contributed by atoms with Gasteiger partial charge in [0.05, 0.1) is 12.7 Å². The van der Waals surface area contributed by atoms with Gasteiger partial charge in [-0.2, -0.15) is 0 Å². The number of nitrogen functional groups attached to an aromatic ring is 1. The van der Waals surface area contributed by atoms with Crippen LogP contribution in [0, 0.1) is 6.92 Å². The number of hydrogen-bond acceptors (Lipinski definition) is 6. The first kappa shape index (κ1) is 9.42. The van der Waals surface area contributed by atoms with Crippen molar-refractivity contribution in [3.05, 3.63) is 22.3 Å². The highest BCUT2D eigenvalue weighted by atomic mass is 32.1. The monoisotopic (exact) mass is 226 g/mol. The van der Waals surface area contributed by atoms with E-state index in [0.29, 0.717) is 6.54 Å². The Bertz CT molecular complexity index is 380. The number of aryl methyl sites for hydroxylation is 1. The Labute approximate surface area is 89.8 Å². The summed E-state index contributed by atoms with van der Waals surface area (Å²) in [6, 6.07) is 0. The van der Waals surface area contributed by atoms with Crippen LogP contribution in [0.1, 0.15) is 10.7 Å². The Kier molecular flexibility index (Phi) is 2.64. The van der Waals surface area contributed by atoms with Gasteiger partial charge in [0.15, 0.2) is 5.13 Å². The number of hydrogen-bond donors (Lipinski definition) is 2. The third-order valence-corrected chi connectivity index (χ3v) is 3.33. The summed E-state index contributed by atoms with van der Waals surface area (Å²) in [4.78, 5) is 8.43. The number of anilines is 2. The Hall–Kier alpha value is -1.14. The molecule has 0 aromatic carbocycles. The van der Waals surface area contributed by atoms with Crippen LogP contribution < -0.4 is 11.1 Å². The molecule has 3 N–H and O–H groups in total. The highest BCUT2D eigenvalue weighted by molar-refractivity contribution is 7.19. The van der Waals surface area contributed by atoms with Crippen molar-refractivity contribution < 1.29 is 0 Å². The Morgan fingerprint density at radius 2 is 2.43 bits per heavy atom. The summed E-state index contributed by atoms with van der Waals surface area (Å²) in [7, 11) is 0. The zero-order chi connectivity index (χ0) is 9.97. The normalized spacial score (nSPS) is 10.4. The SMILES string of the molecule is Cc1csc(CNc2ncc(N)s2)n1. The van der Waals surface area contributed by atoms with Crippen LogP contribution >= 0.6 is 22.7 Å². The number of thiazole rings is 2. The molecule has 6 heteroatoms. The standard InChI is InChI=1S/C8H10N4S2/c1-5-4-13-7(12-5)3-11-8-10-2-6(9)14-8/h2,4H,3,9H2,1H3,(H,10,11). The number of nitrogens with two attached hydrogens (primary N) is 1. The second-order valence-electron chi connectivity index (χ2n) is 2.80. The van der Waals surface area contributed by atoms with E-state index >= 15 is 0 Å². The summed E-state index contributed by atoms with van der Waals surface area (Å²) in [5.41, 5.74) is 6.62. The Morgan fingerprint density at radius 3 is 3.00 bits per heavy atom. The third-order valence-electron chi connectivity index (χ3n) is 1.58. The topological polar surface area (TPSA) is 63.8 Å². The van der Waals surface area contributed by atoms with E-state index in [1.807, 2.05) is 12.3 Å². The first-order chi connectivity index (χ1) is 6.74. The maximum absolute atomic E-state index is 5.55. The van der Waals surface area contributed by atoms with Crippen LogP contribution in [0.25, 0.3) is 0 Å². The number of rotatable bonds is 3. The first-order valence-electron chi connectivity index (χ1n) is 4.10. The molecule has 2 aromatic rings. The first-order valence-corrected chi connectivity index (χ1v) is 5.80. The average molecular weight is 226 g/mol. The van der Waals surface area contributed by atoms with Crippen molar-refractivity contribution in [2.75, 3.05) is 11.1 Å². The molecule has 2 rings (SSSR count). The number of aromatic nitrogens is 2. The summed E-state index contributed by atoms with van der Waals surface area (Å²) in [6.07, 6.45) is 1.65. The van der Waals surface area contributed by atoms with E-state index in [1.165, 1.54) is 11.3 Å². The lowest BCUT2D eigenvalue weighted by atomic mass is 10.6. The van der Waals surface area contributed by atoms with E-state index < -0.39 is 0 Å². The van der Waals surface area contributed by atoms with Gasteiger partial charge in [-0.1, -0.05) is 11.3 Å². The van der Waals surface area contributed by atoms with E-state index in [1.54, 1.807) is 17.5 Å². The Balaban J connectivity index is 1.94. The second-order valence-corrected chi connectivity index (χ2v) is 4.81. The quantitative estimate of drug-likeness (QED) is 0.841. The van der Waals surface area contributed by atoms with Crippen molar-refractivity contribution in [2.45, 2.75) is 13.5 Å². The van der Waals surface area contributed by atoms with Gasteiger partial charge in [-0.25, -0.2) is 9.97 Å². The van der Waals surface area contributed by atoms with Gasteiger partial charge in [-0.3, -0.25) is 0 Å². The molecule has 0 fully saturated rings. The van der Waals surface area contributed by atoms with E-state index in [-0.39, 0.29) is 0 Å². The lowest BCUT2D eigenvalue weighted by Crippen LogP contribution is -1.97. The zero-order valence-corrected chi connectivity index (χ0v) is 9.28. The van der Waals surface area contributed by atoms with Crippen LogP contribution in [0.3, 0.4) is 0 Å². The molecule has 0 radical (unpaired) electrons. The molecule has 0 spiro atoms. The van der Waals surface area contributed by atoms with Crippen LogP contribution in [0.5, 0.6) is 0 Å². The van der Waals surface area contributed by atoms with Gasteiger partial charge in [0.1, 0.15) is 10.0 Å². The fourth-order valence-electron chi connectivity index (χ4n) is 1.00. The van der Waals surface area contributed by atoms with Crippen molar-refractivity contribution in [3.8, 4) is 0 Å². The van der Waals surface area contributed by atoms with Crippen molar-refractivity contribution in [1.29, 1.82) is 0 Å². The van der Waals surface area contributed by atoms with Gasteiger partial charge < -0.3 is 11.1 Å². The largest absolute Gasteiger partial charge is 0.389 e. The molecular formula is C8H10N4S2. The van der Waals surface area contributed by atoms with Gasteiger partial charge in [-0.15, -0.1) is 11.3 Å². The minimum atomic E-state index is 0.714. The molecule has 0 atom stereocenters. The smallest absolute Gasteiger partial charge is 0.184 e. The van der Waals surface area contributed by atoms with E-state index in [0.717, 1.165) is 20.8 Å². The summed E-state index contributed by atoms with van der Waals surface area (Å²) >= 11 is 3.09. The maximum atomic E-state index is 5.55. The lowest BCUT2D eigenvalue weighted by Gasteiger charge is -1.97. The van der Waals surface area contributed by atoms with Gasteiger partial charge in [-0.05, 0) is 6.92 Å². The molecule has 74 valence electrons. The lowest BCUT2D eigenvalue weighted by molar-refractivity contribution is 1.07. The molecule has 0 saturated heterocycles. The molecule has 4 nitrogen and oxygen atoms in total. The third kappa shape index (κ3) is 2.21. The van der Waals surface area contributed by atoms with Crippen LogP contribution in [0.4, 0.5) is 10.1 Å². The molecular weight excluding hydrogens is 216 g/mol. The Morgan fingerprint density at radius 1 is 1.57 bits per heavy atom. The summed E-state index contributed by atoms with van der Waals surface area (Å²) in [5, 5.41) is 7.84. The van der Waals surface area contributed by atoms with Gasteiger partial charge in [0, 0.05) is 11.1 Å². The fraction of sp³-hybridized carbons (Fsp3) is 0.250. The van der Waals surface area contributed by atoms with Crippen molar-refractivity contribution >= 4 is 32.8 Å². The van der Waals surface area contributed by atoms with Crippen LogP contribution in [-0.4, -0.2) is 9.97 Å². The molecule has 0 bridgehead atoms. The highest BCUT2D eigenvalue weighted by Gasteiger charge is 2.01. The maximum Gasteiger partial charge on any atom is 0.184 e. The summed E-state index contributed by atoms with van der Waals surface area (Å²) in [5.74, 6) is 0. The predicted octanol–water partition coefficient (Wildman–Crippen LogP) is 2.10. The molecule has 0 unspecified atom stereocenters. The van der Waals surface area contributed by atoms with Crippen LogP contribution in [-0.2, 0) is 6.54 Å². The fourth-order valence-corrected chi connectivity index (χ4v) is 2.29. The average Bonchev–Trinajstić information content (AvgIpc) is 2.72. The minimum absolute atomic E-state index is 0.714. The molecule has 0 aliphatic carbocycles. The number of nitrogens with zero attached hydrogens (tertiary/aromatic N) is 2. The van der Waals surface area contributed by atoms with Crippen molar-refractivity contribution in [3.63, 3.8) is 0 Å². The molecule has 0 amide bonds. The van der Waals surface area contributed by atoms with E-state index in [4.69, 9.17) is 5.73 Å². The highest BCUT2D eigenvalue weighted by Crippen LogP contribution is 2.20. The number of nitrogens with one attached hydrogen (secondary N) is 1. The molecule has 2 heterocycles. The minimum Gasteiger partial charge on any atom is -0.389 e. The second kappa shape index (κ2) is 3.93. The molecule has 0 saturated carbocycles. The van der Waals surface area contributed by atoms with Crippen LogP contribution in [0.15, 0.2) is 11.6 Å². The van der Waals surface area contributed by atoms with Gasteiger partial charge >= 0.3 is 0 Å². The zero-order valence-electron chi connectivity index (χ0n) is 7.65. The molecule has 0 aliphatic heterocycles. The van der Waals surface area contributed by atoms with Gasteiger partial charge in [0.2, 0.25) is 0 Å². The summed E-state index contributed by atoms with van der Waals surface area (Å²) in [6.45, 7) is 2.70. The predicted molar refractivity (Wildman–Crippen MR) is 60.7 cm³/mol.